The summed E-state index contributed by atoms with van der Waals surface area (Å²) in [5.41, 5.74) is 1.95. The lowest BCUT2D eigenvalue weighted by Crippen LogP contribution is -2.03. The number of methoxy groups -OCH3 is 1. The number of halogens is 2. The molecule has 0 aliphatic heterocycles. The fourth-order valence-electron chi connectivity index (χ4n) is 1.70. The average molecular weight is 292 g/mol. The van der Waals surface area contributed by atoms with Gasteiger partial charge >= 0.3 is 5.97 Å². The quantitative estimate of drug-likeness (QED) is 0.803. The first-order chi connectivity index (χ1) is 9.55. The van der Waals surface area contributed by atoms with Gasteiger partial charge in [0.1, 0.15) is 5.82 Å². The van der Waals surface area contributed by atoms with Gasteiger partial charge in [0.15, 0.2) is 0 Å². The van der Waals surface area contributed by atoms with Crippen molar-refractivity contribution in [1.29, 1.82) is 0 Å². The number of nitrogens with zero attached hydrogens (tertiary/aromatic N) is 1. The van der Waals surface area contributed by atoms with E-state index in [1.54, 1.807) is 12.1 Å². The van der Waals surface area contributed by atoms with Gasteiger partial charge in [-0.15, -0.1) is 0 Å². The van der Waals surface area contributed by atoms with E-state index >= 15 is 0 Å². The molecule has 0 bridgehead atoms. The molecule has 5 heteroatoms. The molecule has 0 saturated carbocycles. The van der Waals surface area contributed by atoms with Crippen LogP contribution in [0.5, 0.6) is 0 Å². The van der Waals surface area contributed by atoms with E-state index in [1.807, 2.05) is 0 Å². The highest BCUT2D eigenvalue weighted by Crippen LogP contribution is 2.25. The molecule has 1 aromatic heterocycles. The van der Waals surface area contributed by atoms with Crippen molar-refractivity contribution in [2.45, 2.75) is 0 Å². The van der Waals surface area contributed by atoms with E-state index in [1.165, 1.54) is 31.4 Å². The molecule has 0 aliphatic rings. The number of hydrogen-bond donors (Lipinski definition) is 0. The van der Waals surface area contributed by atoms with Crippen molar-refractivity contribution in [2.24, 2.45) is 0 Å². The third-order valence-corrected chi connectivity index (χ3v) is 2.98. The first-order valence-electron chi connectivity index (χ1n) is 5.73. The van der Waals surface area contributed by atoms with Gasteiger partial charge in [0.05, 0.1) is 29.1 Å². The Kier molecular flexibility index (Phi) is 4.15. The van der Waals surface area contributed by atoms with Crippen LogP contribution in [0.15, 0.2) is 36.9 Å². The number of carbonyl (C=O) groups is 1. The van der Waals surface area contributed by atoms with Crippen molar-refractivity contribution in [3.63, 3.8) is 0 Å². The van der Waals surface area contributed by atoms with Crippen molar-refractivity contribution in [3.8, 4) is 11.3 Å². The summed E-state index contributed by atoms with van der Waals surface area (Å²) >= 11 is 5.75. The van der Waals surface area contributed by atoms with Gasteiger partial charge in [-0.05, 0) is 36.4 Å². The normalized spacial score (nSPS) is 10.2. The van der Waals surface area contributed by atoms with Crippen molar-refractivity contribution in [3.05, 3.63) is 59.0 Å². The van der Waals surface area contributed by atoms with E-state index in [-0.39, 0.29) is 5.02 Å². The van der Waals surface area contributed by atoms with E-state index in [4.69, 9.17) is 11.6 Å². The molecule has 3 nitrogen and oxygen atoms in total. The van der Waals surface area contributed by atoms with E-state index in [0.29, 0.717) is 22.5 Å². The molecule has 2 rings (SSSR count). The number of ether oxygens (including phenoxy) is 1. The Morgan fingerprint density at radius 3 is 2.75 bits per heavy atom. The molecular formula is C15H11ClFNO2. The highest BCUT2D eigenvalue weighted by Gasteiger charge is 2.11. The molecule has 102 valence electrons. The van der Waals surface area contributed by atoms with Gasteiger partial charge in [-0.25, -0.2) is 14.2 Å². The minimum absolute atomic E-state index is 0.00655. The van der Waals surface area contributed by atoms with E-state index in [0.717, 1.165) is 0 Å². The zero-order chi connectivity index (χ0) is 14.7. The first-order valence-corrected chi connectivity index (χ1v) is 6.11. The van der Waals surface area contributed by atoms with Crippen LogP contribution >= 0.6 is 11.6 Å². The Hall–Kier alpha value is -2.20. The summed E-state index contributed by atoms with van der Waals surface area (Å²) in [5.74, 6) is -0.992. The smallest absolute Gasteiger partial charge is 0.338 e. The van der Waals surface area contributed by atoms with Gasteiger partial charge in [-0.2, -0.15) is 0 Å². The highest BCUT2D eigenvalue weighted by molar-refractivity contribution is 6.31. The van der Waals surface area contributed by atoms with Gasteiger partial charge in [0, 0.05) is 5.56 Å². The second-order valence-corrected chi connectivity index (χ2v) is 4.40. The van der Waals surface area contributed by atoms with Crippen LogP contribution in [0.2, 0.25) is 5.02 Å². The standard InChI is InChI=1S/C15H11ClFNO2/c1-3-11-6-10(15(19)20-2)8-14(18-11)9-4-5-13(17)12(16)7-9/h3-8H,1H2,2H3. The Morgan fingerprint density at radius 2 is 2.15 bits per heavy atom. The lowest BCUT2D eigenvalue weighted by molar-refractivity contribution is 0.0600. The minimum Gasteiger partial charge on any atom is -0.465 e. The van der Waals surface area contributed by atoms with Gasteiger partial charge in [0.25, 0.3) is 0 Å². The summed E-state index contributed by atoms with van der Waals surface area (Å²) in [4.78, 5) is 15.9. The fourth-order valence-corrected chi connectivity index (χ4v) is 1.88. The van der Waals surface area contributed by atoms with Crippen LogP contribution in [0.3, 0.4) is 0 Å². The molecule has 0 spiro atoms. The maximum absolute atomic E-state index is 13.2. The monoisotopic (exact) mass is 291 g/mol. The summed E-state index contributed by atoms with van der Waals surface area (Å²) in [5, 5.41) is -0.00655. The number of aromatic nitrogens is 1. The molecule has 2 aromatic rings. The second-order valence-electron chi connectivity index (χ2n) is 3.99. The predicted octanol–water partition coefficient (Wildman–Crippen LogP) is 3.97. The second kappa shape index (κ2) is 5.84. The summed E-state index contributed by atoms with van der Waals surface area (Å²) in [6.45, 7) is 3.62. The Morgan fingerprint density at radius 1 is 1.40 bits per heavy atom. The van der Waals surface area contributed by atoms with Crippen molar-refractivity contribution >= 4 is 23.6 Å². The first kappa shape index (κ1) is 14.2. The Labute approximate surface area is 120 Å². The summed E-state index contributed by atoms with van der Waals surface area (Å²) < 4.78 is 17.9. The van der Waals surface area contributed by atoms with E-state index in [2.05, 4.69) is 16.3 Å². The third-order valence-electron chi connectivity index (χ3n) is 2.69. The molecule has 1 heterocycles. The Balaban J connectivity index is 2.57. The summed E-state index contributed by atoms with van der Waals surface area (Å²) in [6.07, 6.45) is 1.51. The molecule has 0 fully saturated rings. The topological polar surface area (TPSA) is 39.2 Å². The number of esters is 1. The van der Waals surface area contributed by atoms with Crippen LogP contribution in [-0.4, -0.2) is 18.1 Å². The number of carbonyl (C=O) groups excluding carboxylic acids is 1. The molecule has 0 atom stereocenters. The summed E-state index contributed by atoms with van der Waals surface area (Å²) in [6, 6.07) is 7.36. The van der Waals surface area contributed by atoms with Crippen molar-refractivity contribution in [1.82, 2.24) is 4.98 Å². The van der Waals surface area contributed by atoms with Crippen LogP contribution in [0, 0.1) is 5.82 Å². The molecule has 0 unspecified atom stereocenters. The largest absolute Gasteiger partial charge is 0.465 e. The maximum Gasteiger partial charge on any atom is 0.338 e. The number of rotatable bonds is 3. The van der Waals surface area contributed by atoms with Crippen LogP contribution in [0.1, 0.15) is 16.1 Å². The number of benzene rings is 1. The number of hydrogen-bond acceptors (Lipinski definition) is 3. The number of pyridine rings is 1. The molecule has 20 heavy (non-hydrogen) atoms. The molecular weight excluding hydrogens is 281 g/mol. The van der Waals surface area contributed by atoms with Crippen LogP contribution < -0.4 is 0 Å². The van der Waals surface area contributed by atoms with Crippen LogP contribution in [0.25, 0.3) is 17.3 Å². The summed E-state index contributed by atoms with van der Waals surface area (Å²) in [7, 11) is 1.30. The zero-order valence-corrected chi connectivity index (χ0v) is 11.4. The Bertz CT molecular complexity index is 686. The highest BCUT2D eigenvalue weighted by atomic mass is 35.5. The molecule has 0 N–H and O–H groups in total. The fraction of sp³-hybridized carbons (Fsp3) is 0.0667. The van der Waals surface area contributed by atoms with Gasteiger partial charge < -0.3 is 4.74 Å². The average Bonchev–Trinajstić information content (AvgIpc) is 2.48. The van der Waals surface area contributed by atoms with E-state index in [9.17, 15) is 9.18 Å². The lowest BCUT2D eigenvalue weighted by atomic mass is 10.1. The molecule has 0 aliphatic carbocycles. The molecule has 1 aromatic carbocycles. The van der Waals surface area contributed by atoms with Gasteiger partial charge in [-0.1, -0.05) is 18.2 Å². The lowest BCUT2D eigenvalue weighted by Gasteiger charge is -2.07. The van der Waals surface area contributed by atoms with Gasteiger partial charge in [0.2, 0.25) is 0 Å². The van der Waals surface area contributed by atoms with Crippen LogP contribution in [-0.2, 0) is 4.74 Å². The molecule has 0 amide bonds. The molecule has 0 radical (unpaired) electrons. The van der Waals surface area contributed by atoms with Gasteiger partial charge in [-0.3, -0.25) is 0 Å². The van der Waals surface area contributed by atoms with E-state index < -0.39 is 11.8 Å². The zero-order valence-electron chi connectivity index (χ0n) is 10.7. The maximum atomic E-state index is 13.2. The third kappa shape index (κ3) is 2.86. The minimum atomic E-state index is -0.511. The molecule has 0 saturated heterocycles. The van der Waals surface area contributed by atoms with Crippen molar-refractivity contribution < 1.29 is 13.9 Å². The SMILES string of the molecule is C=Cc1cc(C(=O)OC)cc(-c2ccc(F)c(Cl)c2)n1. The predicted molar refractivity (Wildman–Crippen MR) is 76.1 cm³/mol. The van der Waals surface area contributed by atoms with Crippen molar-refractivity contribution in [2.75, 3.05) is 7.11 Å². The van der Waals surface area contributed by atoms with Crippen LogP contribution in [0.4, 0.5) is 4.39 Å².